The number of fused-ring (bicyclic) bond motifs is 1. The van der Waals surface area contributed by atoms with Gasteiger partial charge in [0.05, 0.1) is 10.4 Å². The second-order valence-electron chi connectivity index (χ2n) is 3.61. The molecule has 0 unspecified atom stereocenters. The number of rotatable bonds is 1. The first-order valence-electron chi connectivity index (χ1n) is 4.40. The molecular weight excluding hydrogens is 214 g/mol. The van der Waals surface area contributed by atoms with E-state index in [1.165, 1.54) is 6.07 Å². The molecule has 15 heavy (non-hydrogen) atoms. The van der Waals surface area contributed by atoms with Gasteiger partial charge in [-0.15, -0.1) is 0 Å². The molecule has 2 rings (SSSR count). The van der Waals surface area contributed by atoms with Gasteiger partial charge in [-0.25, -0.2) is 8.42 Å². The Kier molecular flexibility index (Phi) is 2.01. The molecule has 0 aliphatic carbocycles. The summed E-state index contributed by atoms with van der Waals surface area (Å²) in [6, 6.07) is 4.72. The van der Waals surface area contributed by atoms with E-state index in [9.17, 15) is 13.6 Å². The Morgan fingerprint density at radius 2 is 2.00 bits per heavy atom. The summed E-state index contributed by atoms with van der Waals surface area (Å²) in [7, 11) is -3.23. The van der Waals surface area contributed by atoms with Crippen molar-refractivity contribution in [3.8, 4) is 0 Å². The van der Waals surface area contributed by atoms with Crippen molar-refractivity contribution in [1.82, 2.24) is 4.73 Å². The number of nitrogens with zero attached hydrogens (tertiary/aromatic N) is 1. The van der Waals surface area contributed by atoms with E-state index in [2.05, 4.69) is 0 Å². The first-order valence-corrected chi connectivity index (χ1v) is 6.30. The summed E-state index contributed by atoms with van der Waals surface area (Å²) < 4.78 is 23.6. The van der Waals surface area contributed by atoms with Crippen LogP contribution in [0.2, 0.25) is 0 Å². The third-order valence-electron chi connectivity index (χ3n) is 2.38. The van der Waals surface area contributed by atoms with Crippen molar-refractivity contribution in [1.29, 1.82) is 0 Å². The maximum absolute atomic E-state index is 11.3. The van der Waals surface area contributed by atoms with E-state index in [-0.39, 0.29) is 4.90 Å². The Balaban J connectivity index is 2.82. The van der Waals surface area contributed by atoms with Gasteiger partial charge >= 0.3 is 0 Å². The number of benzene rings is 1. The molecular formula is C10H11NO3S. The highest BCUT2D eigenvalue weighted by atomic mass is 32.2. The average Bonchev–Trinajstić information content (AvgIpc) is 2.41. The van der Waals surface area contributed by atoms with E-state index in [1.807, 2.05) is 6.92 Å². The molecule has 4 nitrogen and oxygen atoms in total. The van der Waals surface area contributed by atoms with Gasteiger partial charge in [0.2, 0.25) is 0 Å². The summed E-state index contributed by atoms with van der Waals surface area (Å²) in [4.78, 5) is 0.211. The van der Waals surface area contributed by atoms with Crippen LogP contribution in [-0.2, 0) is 9.84 Å². The van der Waals surface area contributed by atoms with Crippen LogP contribution in [0, 0.1) is 6.92 Å². The maximum Gasteiger partial charge on any atom is 0.175 e. The number of hydrogen-bond acceptors (Lipinski definition) is 3. The molecule has 0 amide bonds. The van der Waals surface area contributed by atoms with E-state index >= 15 is 0 Å². The van der Waals surface area contributed by atoms with Crippen LogP contribution < -0.4 is 0 Å². The van der Waals surface area contributed by atoms with E-state index < -0.39 is 9.84 Å². The maximum atomic E-state index is 11.3. The smallest absolute Gasteiger partial charge is 0.175 e. The summed E-state index contributed by atoms with van der Waals surface area (Å²) in [5, 5.41) is 10.4. The van der Waals surface area contributed by atoms with Gasteiger partial charge in [-0.1, -0.05) is 6.07 Å². The highest BCUT2D eigenvalue weighted by Gasteiger charge is 2.11. The number of aromatic nitrogens is 1. The zero-order valence-corrected chi connectivity index (χ0v) is 9.25. The van der Waals surface area contributed by atoms with Crippen molar-refractivity contribution in [3.63, 3.8) is 0 Å². The van der Waals surface area contributed by atoms with Crippen LogP contribution in [0.1, 0.15) is 5.56 Å². The lowest BCUT2D eigenvalue weighted by molar-refractivity contribution is 0.200. The van der Waals surface area contributed by atoms with E-state index in [4.69, 9.17) is 0 Å². The Morgan fingerprint density at radius 3 is 2.60 bits per heavy atom. The molecule has 0 fully saturated rings. The predicted octanol–water partition coefficient (Wildman–Crippen LogP) is 1.59. The molecule has 1 N–H and O–H groups in total. The zero-order chi connectivity index (χ0) is 11.2. The molecule has 80 valence electrons. The predicted molar refractivity (Wildman–Crippen MR) is 57.0 cm³/mol. The highest BCUT2D eigenvalue weighted by Crippen LogP contribution is 2.22. The Bertz CT molecular complexity index is 625. The van der Waals surface area contributed by atoms with Crippen molar-refractivity contribution in [2.24, 2.45) is 0 Å². The molecule has 0 saturated heterocycles. The van der Waals surface area contributed by atoms with Gasteiger partial charge in [0.25, 0.3) is 0 Å². The van der Waals surface area contributed by atoms with Crippen LogP contribution in [0.5, 0.6) is 0 Å². The van der Waals surface area contributed by atoms with Crippen LogP contribution in [0.15, 0.2) is 29.3 Å². The fraction of sp³-hybridized carbons (Fsp3) is 0.200. The quantitative estimate of drug-likeness (QED) is 0.750. The third kappa shape index (κ3) is 1.59. The number of aryl methyl sites for hydroxylation is 1. The van der Waals surface area contributed by atoms with Crippen LogP contribution >= 0.6 is 0 Å². The van der Waals surface area contributed by atoms with Crippen molar-refractivity contribution in [3.05, 3.63) is 30.0 Å². The zero-order valence-electron chi connectivity index (χ0n) is 8.43. The molecule has 2 aromatic rings. The average molecular weight is 225 g/mol. The second-order valence-corrected chi connectivity index (χ2v) is 5.62. The molecule has 5 heteroatoms. The highest BCUT2D eigenvalue weighted by molar-refractivity contribution is 7.90. The van der Waals surface area contributed by atoms with Crippen LogP contribution in [0.4, 0.5) is 0 Å². The van der Waals surface area contributed by atoms with Crippen LogP contribution in [0.3, 0.4) is 0 Å². The van der Waals surface area contributed by atoms with Gasteiger partial charge in [0.15, 0.2) is 9.84 Å². The topological polar surface area (TPSA) is 59.3 Å². The lowest BCUT2D eigenvalue weighted by Gasteiger charge is -1.99. The summed E-state index contributed by atoms with van der Waals surface area (Å²) in [5.74, 6) is 0. The van der Waals surface area contributed by atoms with E-state index in [1.54, 1.807) is 18.3 Å². The monoisotopic (exact) mass is 225 g/mol. The summed E-state index contributed by atoms with van der Waals surface area (Å²) in [5.41, 5.74) is 1.42. The number of sulfone groups is 1. The normalized spacial score (nSPS) is 12.1. The number of hydrogen-bond donors (Lipinski definition) is 1. The molecule has 0 spiro atoms. The molecule has 0 atom stereocenters. The fourth-order valence-electron chi connectivity index (χ4n) is 1.59. The van der Waals surface area contributed by atoms with Crippen LogP contribution in [-0.4, -0.2) is 24.6 Å². The Labute approximate surface area is 87.6 Å². The van der Waals surface area contributed by atoms with Gasteiger partial charge < -0.3 is 5.21 Å². The fourth-order valence-corrected chi connectivity index (χ4v) is 2.23. The molecule has 0 aliphatic heterocycles. The van der Waals surface area contributed by atoms with Crippen molar-refractivity contribution >= 4 is 20.7 Å². The molecule has 0 bridgehead atoms. The van der Waals surface area contributed by atoms with Gasteiger partial charge in [0.1, 0.15) is 0 Å². The Morgan fingerprint density at radius 1 is 1.33 bits per heavy atom. The molecule has 1 aromatic carbocycles. The lowest BCUT2D eigenvalue weighted by Crippen LogP contribution is -1.97. The standard InChI is InChI=1S/C10H11NO3S/c1-7-6-11(12)10-5-8(15(2,13)14)3-4-9(7)10/h3-6,12H,1-2H3. The van der Waals surface area contributed by atoms with Crippen molar-refractivity contribution in [2.45, 2.75) is 11.8 Å². The van der Waals surface area contributed by atoms with Crippen LogP contribution in [0.25, 0.3) is 10.9 Å². The largest absolute Gasteiger partial charge is 0.428 e. The van der Waals surface area contributed by atoms with E-state index in [0.717, 1.165) is 21.9 Å². The molecule has 1 heterocycles. The molecule has 1 aromatic heterocycles. The minimum atomic E-state index is -3.23. The van der Waals surface area contributed by atoms with Gasteiger partial charge in [-0.3, -0.25) is 0 Å². The first kappa shape index (κ1) is 10.0. The SMILES string of the molecule is Cc1cn(O)c2cc(S(C)(=O)=O)ccc12. The molecule has 0 saturated carbocycles. The second kappa shape index (κ2) is 3.00. The molecule has 0 aliphatic rings. The molecule has 0 radical (unpaired) electrons. The lowest BCUT2D eigenvalue weighted by atomic mass is 10.2. The summed E-state index contributed by atoms with van der Waals surface area (Å²) >= 11 is 0. The Hall–Kier alpha value is -1.49. The van der Waals surface area contributed by atoms with Crippen molar-refractivity contribution < 1.29 is 13.6 Å². The van der Waals surface area contributed by atoms with Gasteiger partial charge in [-0.05, 0) is 24.6 Å². The van der Waals surface area contributed by atoms with Gasteiger partial charge in [0, 0.05) is 17.8 Å². The third-order valence-corrected chi connectivity index (χ3v) is 3.50. The van der Waals surface area contributed by atoms with E-state index in [0.29, 0.717) is 5.52 Å². The van der Waals surface area contributed by atoms with Crippen molar-refractivity contribution in [2.75, 3.05) is 6.26 Å². The van der Waals surface area contributed by atoms with Gasteiger partial charge in [-0.2, -0.15) is 4.73 Å². The minimum Gasteiger partial charge on any atom is -0.428 e. The summed E-state index contributed by atoms with van der Waals surface area (Å²) in [6.45, 7) is 1.86. The summed E-state index contributed by atoms with van der Waals surface area (Å²) in [6.07, 6.45) is 2.70. The first-order chi connectivity index (χ1) is 6.89. The minimum absolute atomic E-state index is 0.211.